The number of para-hydroxylation sites is 1. The number of hydrogen-bond donors (Lipinski definition) is 1. The standard InChI is InChI=1S/C13H16N2/c1-9-10-5-2-3-7-12(10)15-8-4-6-11(14)13(9)15/h2-3,5,7,11H,4,6,8,14H2,1H3. The van der Waals surface area contributed by atoms with Gasteiger partial charge in [-0.3, -0.25) is 0 Å². The number of aromatic nitrogens is 1. The Hall–Kier alpha value is -1.28. The zero-order chi connectivity index (χ0) is 10.4. The Balaban J connectivity index is 2.40. The van der Waals surface area contributed by atoms with E-state index in [1.165, 1.54) is 28.6 Å². The molecule has 2 heterocycles. The summed E-state index contributed by atoms with van der Waals surface area (Å²) in [4.78, 5) is 0. The monoisotopic (exact) mass is 200 g/mol. The largest absolute Gasteiger partial charge is 0.343 e. The second-order valence-electron chi connectivity index (χ2n) is 4.43. The lowest BCUT2D eigenvalue weighted by Gasteiger charge is -2.22. The molecule has 0 aliphatic carbocycles. The van der Waals surface area contributed by atoms with Crippen molar-refractivity contribution in [3.63, 3.8) is 0 Å². The van der Waals surface area contributed by atoms with Gasteiger partial charge in [0.05, 0.1) is 0 Å². The van der Waals surface area contributed by atoms with Gasteiger partial charge in [0.1, 0.15) is 0 Å². The summed E-state index contributed by atoms with van der Waals surface area (Å²) in [6.45, 7) is 3.32. The maximum absolute atomic E-state index is 6.19. The van der Waals surface area contributed by atoms with Crippen LogP contribution in [0.2, 0.25) is 0 Å². The van der Waals surface area contributed by atoms with Gasteiger partial charge in [-0.05, 0) is 31.4 Å². The molecule has 1 unspecified atom stereocenters. The van der Waals surface area contributed by atoms with Gasteiger partial charge in [-0.15, -0.1) is 0 Å². The Morgan fingerprint density at radius 3 is 3.00 bits per heavy atom. The van der Waals surface area contributed by atoms with Crippen molar-refractivity contribution in [1.82, 2.24) is 4.57 Å². The van der Waals surface area contributed by atoms with Crippen molar-refractivity contribution in [2.24, 2.45) is 5.73 Å². The van der Waals surface area contributed by atoms with Crippen LogP contribution in [0.1, 0.15) is 30.1 Å². The van der Waals surface area contributed by atoms with Crippen LogP contribution in [0.5, 0.6) is 0 Å². The van der Waals surface area contributed by atoms with Crippen molar-refractivity contribution >= 4 is 10.9 Å². The second-order valence-corrected chi connectivity index (χ2v) is 4.43. The van der Waals surface area contributed by atoms with Crippen LogP contribution < -0.4 is 5.73 Å². The molecule has 0 bridgehead atoms. The van der Waals surface area contributed by atoms with Crippen LogP contribution in [0, 0.1) is 6.92 Å². The van der Waals surface area contributed by atoms with E-state index in [2.05, 4.69) is 35.8 Å². The molecular weight excluding hydrogens is 184 g/mol. The first-order valence-electron chi connectivity index (χ1n) is 5.62. The van der Waals surface area contributed by atoms with Crippen LogP contribution in [-0.4, -0.2) is 4.57 Å². The molecule has 0 saturated heterocycles. The lowest BCUT2D eigenvalue weighted by molar-refractivity contribution is 0.469. The van der Waals surface area contributed by atoms with Crippen molar-refractivity contribution in [3.8, 4) is 0 Å². The van der Waals surface area contributed by atoms with E-state index >= 15 is 0 Å². The van der Waals surface area contributed by atoms with Crippen LogP contribution in [-0.2, 0) is 6.54 Å². The van der Waals surface area contributed by atoms with E-state index in [-0.39, 0.29) is 6.04 Å². The van der Waals surface area contributed by atoms with Crippen LogP contribution in [0.25, 0.3) is 10.9 Å². The van der Waals surface area contributed by atoms with Crippen molar-refractivity contribution in [2.45, 2.75) is 32.4 Å². The summed E-state index contributed by atoms with van der Waals surface area (Å²) in [6, 6.07) is 8.83. The highest BCUT2D eigenvalue weighted by molar-refractivity contribution is 5.85. The van der Waals surface area contributed by atoms with Gasteiger partial charge >= 0.3 is 0 Å². The van der Waals surface area contributed by atoms with Crippen LogP contribution in [0.4, 0.5) is 0 Å². The van der Waals surface area contributed by atoms with Gasteiger partial charge in [-0.2, -0.15) is 0 Å². The van der Waals surface area contributed by atoms with Gasteiger partial charge in [0.15, 0.2) is 0 Å². The van der Waals surface area contributed by atoms with Crippen LogP contribution in [0.15, 0.2) is 24.3 Å². The highest BCUT2D eigenvalue weighted by Gasteiger charge is 2.22. The number of rotatable bonds is 0. The lowest BCUT2D eigenvalue weighted by atomic mass is 10.0. The van der Waals surface area contributed by atoms with Gasteiger partial charge < -0.3 is 10.3 Å². The first-order valence-corrected chi connectivity index (χ1v) is 5.62. The quantitative estimate of drug-likeness (QED) is 0.696. The predicted molar refractivity (Wildman–Crippen MR) is 62.8 cm³/mol. The Labute approximate surface area is 89.7 Å². The summed E-state index contributed by atoms with van der Waals surface area (Å²) < 4.78 is 2.40. The van der Waals surface area contributed by atoms with E-state index < -0.39 is 0 Å². The maximum Gasteiger partial charge on any atom is 0.0485 e. The minimum Gasteiger partial charge on any atom is -0.343 e. The molecule has 0 saturated carbocycles. The molecule has 2 heteroatoms. The molecule has 1 atom stereocenters. The molecule has 1 aliphatic rings. The first-order chi connectivity index (χ1) is 7.29. The van der Waals surface area contributed by atoms with Gasteiger partial charge in [-0.1, -0.05) is 18.2 Å². The number of benzene rings is 1. The fourth-order valence-corrected chi connectivity index (χ4v) is 2.82. The fraction of sp³-hybridized carbons (Fsp3) is 0.385. The Morgan fingerprint density at radius 1 is 1.33 bits per heavy atom. The molecule has 2 aromatic rings. The molecular formula is C13H16N2. The topological polar surface area (TPSA) is 30.9 Å². The molecule has 3 rings (SSSR count). The predicted octanol–water partition coefficient (Wildman–Crippen LogP) is 2.74. The summed E-state index contributed by atoms with van der Waals surface area (Å²) >= 11 is 0. The first kappa shape index (κ1) is 8.98. The van der Waals surface area contributed by atoms with Gasteiger partial charge in [0.25, 0.3) is 0 Å². The third kappa shape index (κ3) is 1.15. The smallest absolute Gasteiger partial charge is 0.0485 e. The molecule has 0 fully saturated rings. The minimum atomic E-state index is 0.228. The van der Waals surface area contributed by atoms with Crippen molar-refractivity contribution in [1.29, 1.82) is 0 Å². The van der Waals surface area contributed by atoms with Crippen LogP contribution >= 0.6 is 0 Å². The third-order valence-electron chi connectivity index (χ3n) is 3.52. The minimum absolute atomic E-state index is 0.228. The van der Waals surface area contributed by atoms with Crippen molar-refractivity contribution in [2.75, 3.05) is 0 Å². The van der Waals surface area contributed by atoms with Gasteiger partial charge in [0.2, 0.25) is 0 Å². The summed E-state index contributed by atoms with van der Waals surface area (Å²) in [5, 5.41) is 1.37. The molecule has 0 amide bonds. The summed E-state index contributed by atoms with van der Waals surface area (Å²) in [5.41, 5.74) is 10.3. The highest BCUT2D eigenvalue weighted by atomic mass is 15.0. The van der Waals surface area contributed by atoms with Gasteiger partial charge in [-0.25, -0.2) is 0 Å². The van der Waals surface area contributed by atoms with Crippen molar-refractivity contribution in [3.05, 3.63) is 35.5 Å². The number of fused-ring (bicyclic) bond motifs is 3. The SMILES string of the molecule is Cc1c2n(c3ccccc13)CCCC2N. The van der Waals surface area contributed by atoms with Gasteiger partial charge in [0, 0.05) is 29.2 Å². The normalized spacial score (nSPS) is 20.5. The van der Waals surface area contributed by atoms with E-state index in [0.717, 1.165) is 13.0 Å². The van der Waals surface area contributed by atoms with Crippen LogP contribution in [0.3, 0.4) is 0 Å². The maximum atomic E-state index is 6.19. The molecule has 2 N–H and O–H groups in total. The number of hydrogen-bond acceptors (Lipinski definition) is 1. The average molecular weight is 200 g/mol. The molecule has 15 heavy (non-hydrogen) atoms. The molecule has 0 spiro atoms. The zero-order valence-electron chi connectivity index (χ0n) is 9.03. The number of nitrogens with zero attached hydrogens (tertiary/aromatic N) is 1. The Bertz CT molecular complexity index is 510. The number of nitrogens with two attached hydrogens (primary N) is 1. The average Bonchev–Trinajstić information content (AvgIpc) is 2.55. The van der Waals surface area contributed by atoms with E-state index in [9.17, 15) is 0 Å². The molecule has 78 valence electrons. The van der Waals surface area contributed by atoms with E-state index in [1.54, 1.807) is 0 Å². The lowest BCUT2D eigenvalue weighted by Crippen LogP contribution is -2.21. The molecule has 2 nitrogen and oxygen atoms in total. The number of aryl methyl sites for hydroxylation is 2. The Morgan fingerprint density at radius 2 is 2.13 bits per heavy atom. The van der Waals surface area contributed by atoms with Crippen molar-refractivity contribution < 1.29 is 0 Å². The second kappa shape index (κ2) is 3.11. The summed E-state index contributed by atoms with van der Waals surface area (Å²) in [5.74, 6) is 0. The highest BCUT2D eigenvalue weighted by Crippen LogP contribution is 2.33. The fourth-order valence-electron chi connectivity index (χ4n) is 2.82. The molecule has 1 aliphatic heterocycles. The molecule has 0 radical (unpaired) electrons. The summed E-state index contributed by atoms with van der Waals surface area (Å²) in [7, 11) is 0. The summed E-state index contributed by atoms with van der Waals surface area (Å²) in [6.07, 6.45) is 2.32. The Kier molecular flexibility index (Phi) is 1.86. The van der Waals surface area contributed by atoms with E-state index in [1.807, 2.05) is 0 Å². The zero-order valence-corrected chi connectivity index (χ0v) is 9.03. The van der Waals surface area contributed by atoms with E-state index in [0.29, 0.717) is 0 Å². The molecule has 1 aromatic carbocycles. The third-order valence-corrected chi connectivity index (χ3v) is 3.52. The van der Waals surface area contributed by atoms with E-state index in [4.69, 9.17) is 5.73 Å². The molecule has 1 aromatic heterocycles.